The van der Waals surface area contributed by atoms with Crippen molar-refractivity contribution in [1.29, 1.82) is 0 Å². The molecule has 0 amide bonds. The van der Waals surface area contributed by atoms with Crippen LogP contribution in [0.4, 0.5) is 4.39 Å². The summed E-state index contributed by atoms with van der Waals surface area (Å²) in [6, 6.07) is 12.7. The Morgan fingerprint density at radius 2 is 1.87 bits per heavy atom. The molecule has 1 aliphatic heterocycles. The SMILES string of the molecule is CC1c2ccccc2OCCN1S(=O)(=O)Cc1ccc(F)cc1. The van der Waals surface area contributed by atoms with E-state index in [0.29, 0.717) is 18.7 Å². The summed E-state index contributed by atoms with van der Waals surface area (Å²) in [5.74, 6) is 0.191. The lowest BCUT2D eigenvalue weighted by Gasteiger charge is -2.26. The highest BCUT2D eigenvalue weighted by molar-refractivity contribution is 7.88. The van der Waals surface area contributed by atoms with Gasteiger partial charge in [0.1, 0.15) is 18.2 Å². The van der Waals surface area contributed by atoms with Crippen LogP contribution in [0.25, 0.3) is 0 Å². The first kappa shape index (κ1) is 16.0. The van der Waals surface area contributed by atoms with Gasteiger partial charge in [-0.1, -0.05) is 30.3 Å². The van der Waals surface area contributed by atoms with Crippen LogP contribution in [0.1, 0.15) is 24.1 Å². The lowest BCUT2D eigenvalue weighted by Crippen LogP contribution is -2.36. The monoisotopic (exact) mass is 335 g/mol. The van der Waals surface area contributed by atoms with Crippen molar-refractivity contribution >= 4 is 10.0 Å². The summed E-state index contributed by atoms with van der Waals surface area (Å²) in [5, 5.41) is 0. The Kier molecular flexibility index (Phi) is 4.37. The van der Waals surface area contributed by atoms with Crippen molar-refractivity contribution in [3.63, 3.8) is 0 Å². The lowest BCUT2D eigenvalue weighted by atomic mass is 10.1. The Labute approximate surface area is 135 Å². The number of fused-ring (bicyclic) bond motifs is 1. The predicted molar refractivity (Wildman–Crippen MR) is 86.1 cm³/mol. The summed E-state index contributed by atoms with van der Waals surface area (Å²) in [6.07, 6.45) is 0. The van der Waals surface area contributed by atoms with Crippen LogP contribution in [0, 0.1) is 5.82 Å². The average Bonchev–Trinajstić information content (AvgIpc) is 2.69. The van der Waals surface area contributed by atoms with Gasteiger partial charge in [-0.15, -0.1) is 0 Å². The Hall–Kier alpha value is -1.92. The molecule has 2 aromatic rings. The number of benzene rings is 2. The van der Waals surface area contributed by atoms with Crippen LogP contribution in [0.5, 0.6) is 5.75 Å². The van der Waals surface area contributed by atoms with Crippen LogP contribution in [-0.2, 0) is 15.8 Å². The fourth-order valence-corrected chi connectivity index (χ4v) is 4.53. The van der Waals surface area contributed by atoms with Crippen molar-refractivity contribution in [1.82, 2.24) is 4.31 Å². The van der Waals surface area contributed by atoms with Crippen LogP contribution in [0.15, 0.2) is 48.5 Å². The molecular weight excluding hydrogens is 317 g/mol. The molecule has 4 nitrogen and oxygen atoms in total. The maximum Gasteiger partial charge on any atom is 0.218 e. The molecule has 23 heavy (non-hydrogen) atoms. The highest BCUT2D eigenvalue weighted by atomic mass is 32.2. The van der Waals surface area contributed by atoms with E-state index in [-0.39, 0.29) is 17.6 Å². The van der Waals surface area contributed by atoms with Gasteiger partial charge in [0.05, 0.1) is 11.8 Å². The molecule has 1 heterocycles. The minimum Gasteiger partial charge on any atom is -0.492 e. The second-order valence-electron chi connectivity index (χ2n) is 5.56. The molecule has 0 fully saturated rings. The largest absolute Gasteiger partial charge is 0.492 e. The van der Waals surface area contributed by atoms with E-state index >= 15 is 0 Å². The third-order valence-electron chi connectivity index (χ3n) is 3.99. The molecule has 1 unspecified atom stereocenters. The summed E-state index contributed by atoms with van der Waals surface area (Å²) in [5.41, 5.74) is 1.42. The zero-order valence-corrected chi connectivity index (χ0v) is 13.6. The molecule has 0 bridgehead atoms. The van der Waals surface area contributed by atoms with Gasteiger partial charge in [-0.2, -0.15) is 4.31 Å². The molecule has 0 spiro atoms. The van der Waals surface area contributed by atoms with Crippen LogP contribution in [0.2, 0.25) is 0 Å². The number of rotatable bonds is 3. The number of sulfonamides is 1. The van der Waals surface area contributed by atoms with E-state index in [1.807, 2.05) is 31.2 Å². The quantitative estimate of drug-likeness (QED) is 0.866. The highest BCUT2D eigenvalue weighted by Gasteiger charge is 2.31. The van der Waals surface area contributed by atoms with E-state index in [9.17, 15) is 12.8 Å². The minimum atomic E-state index is -3.53. The molecular formula is C17H18FNO3S. The van der Waals surface area contributed by atoms with Crippen molar-refractivity contribution in [3.05, 3.63) is 65.5 Å². The smallest absolute Gasteiger partial charge is 0.218 e. The zero-order valence-electron chi connectivity index (χ0n) is 12.8. The standard InChI is InChI=1S/C17H18FNO3S/c1-13-16-4-2-3-5-17(16)22-11-10-19(13)23(20,21)12-14-6-8-15(18)9-7-14/h2-9,13H,10-12H2,1H3. The highest BCUT2D eigenvalue weighted by Crippen LogP contribution is 2.33. The van der Waals surface area contributed by atoms with Gasteiger partial charge in [0.25, 0.3) is 0 Å². The first-order chi connectivity index (χ1) is 11.0. The molecule has 6 heteroatoms. The van der Waals surface area contributed by atoms with Gasteiger partial charge in [0.15, 0.2) is 0 Å². The van der Waals surface area contributed by atoms with Gasteiger partial charge in [0, 0.05) is 12.1 Å². The van der Waals surface area contributed by atoms with Gasteiger partial charge >= 0.3 is 0 Å². The first-order valence-electron chi connectivity index (χ1n) is 7.43. The molecule has 122 valence electrons. The van der Waals surface area contributed by atoms with Crippen molar-refractivity contribution in [2.24, 2.45) is 0 Å². The maximum atomic E-state index is 13.0. The van der Waals surface area contributed by atoms with Gasteiger partial charge in [-0.25, -0.2) is 12.8 Å². The van der Waals surface area contributed by atoms with Gasteiger partial charge in [-0.3, -0.25) is 0 Å². The van der Waals surface area contributed by atoms with Crippen LogP contribution in [0.3, 0.4) is 0 Å². The number of para-hydroxylation sites is 1. The Bertz CT molecular complexity index is 790. The van der Waals surface area contributed by atoms with Crippen LogP contribution >= 0.6 is 0 Å². The summed E-state index contributed by atoms with van der Waals surface area (Å²) >= 11 is 0. The number of halogens is 1. The molecule has 2 aromatic carbocycles. The van der Waals surface area contributed by atoms with E-state index in [4.69, 9.17) is 4.74 Å². The Balaban J connectivity index is 1.88. The predicted octanol–water partition coefficient (Wildman–Crippen LogP) is 3.11. The summed E-state index contributed by atoms with van der Waals surface area (Å²) < 4.78 is 45.7. The molecule has 1 aliphatic rings. The van der Waals surface area contributed by atoms with Crippen molar-refractivity contribution in [2.45, 2.75) is 18.7 Å². The normalized spacial score (nSPS) is 18.8. The fraction of sp³-hybridized carbons (Fsp3) is 0.294. The second kappa shape index (κ2) is 6.29. The average molecular weight is 335 g/mol. The third-order valence-corrected chi connectivity index (χ3v) is 5.90. The number of nitrogens with zero attached hydrogens (tertiary/aromatic N) is 1. The van der Waals surface area contributed by atoms with Gasteiger partial charge in [0.2, 0.25) is 10.0 Å². The van der Waals surface area contributed by atoms with Crippen LogP contribution in [-0.4, -0.2) is 25.9 Å². The summed E-state index contributed by atoms with van der Waals surface area (Å²) in [7, 11) is -3.53. The van der Waals surface area contributed by atoms with Crippen molar-refractivity contribution < 1.29 is 17.5 Å². The number of hydrogen-bond donors (Lipinski definition) is 0. The molecule has 0 radical (unpaired) electrons. The molecule has 3 rings (SSSR count). The molecule has 0 aliphatic carbocycles. The van der Waals surface area contributed by atoms with E-state index < -0.39 is 10.0 Å². The molecule has 0 saturated carbocycles. The third kappa shape index (κ3) is 3.38. The minimum absolute atomic E-state index is 0.153. The van der Waals surface area contributed by atoms with E-state index in [1.165, 1.54) is 28.6 Å². The topological polar surface area (TPSA) is 46.6 Å². The van der Waals surface area contributed by atoms with Gasteiger partial charge < -0.3 is 4.74 Å². The Morgan fingerprint density at radius 3 is 2.61 bits per heavy atom. The molecule has 1 atom stereocenters. The first-order valence-corrected chi connectivity index (χ1v) is 9.04. The second-order valence-corrected chi connectivity index (χ2v) is 7.48. The maximum absolute atomic E-state index is 13.0. The molecule has 0 N–H and O–H groups in total. The summed E-state index contributed by atoms with van der Waals surface area (Å²) in [6.45, 7) is 2.46. The van der Waals surface area contributed by atoms with E-state index in [0.717, 1.165) is 11.3 Å². The van der Waals surface area contributed by atoms with Crippen LogP contribution < -0.4 is 4.74 Å². The fourth-order valence-electron chi connectivity index (χ4n) is 2.81. The van der Waals surface area contributed by atoms with Crippen molar-refractivity contribution in [2.75, 3.05) is 13.2 Å². The summed E-state index contributed by atoms with van der Waals surface area (Å²) in [4.78, 5) is 0. The molecule has 0 saturated heterocycles. The van der Waals surface area contributed by atoms with Crippen molar-refractivity contribution in [3.8, 4) is 5.75 Å². The van der Waals surface area contributed by atoms with E-state index in [2.05, 4.69) is 0 Å². The zero-order chi connectivity index (χ0) is 16.4. The molecule has 0 aromatic heterocycles. The van der Waals surface area contributed by atoms with E-state index in [1.54, 1.807) is 0 Å². The lowest BCUT2D eigenvalue weighted by molar-refractivity contribution is 0.278. The number of hydrogen-bond acceptors (Lipinski definition) is 3. The van der Waals surface area contributed by atoms with Gasteiger partial charge in [-0.05, 0) is 30.7 Å². The number of ether oxygens (including phenoxy) is 1. The Morgan fingerprint density at radius 1 is 1.17 bits per heavy atom.